The first-order chi connectivity index (χ1) is 20.4. The minimum absolute atomic E-state index is 0.199. The first-order valence-corrected chi connectivity index (χ1v) is 14.1. The van der Waals surface area contributed by atoms with Crippen molar-refractivity contribution in [3.63, 3.8) is 0 Å². The Kier molecular flexibility index (Phi) is 5.91. The van der Waals surface area contributed by atoms with Crippen molar-refractivity contribution in [2.75, 3.05) is 17.3 Å². The normalized spacial score (nSPS) is 23.5. The molecule has 0 unspecified atom stereocenters. The van der Waals surface area contributed by atoms with Crippen LogP contribution in [0.5, 0.6) is 5.75 Å². The number of benzene rings is 4. The van der Waals surface area contributed by atoms with Gasteiger partial charge in [-0.3, -0.25) is 14.4 Å². The smallest absolute Gasteiger partial charge is 0.238 e. The van der Waals surface area contributed by atoms with Crippen molar-refractivity contribution in [2.24, 2.45) is 5.92 Å². The van der Waals surface area contributed by atoms with E-state index in [1.165, 1.54) is 0 Å². The summed E-state index contributed by atoms with van der Waals surface area (Å²) in [5.41, 5.74) is 4.87. The van der Waals surface area contributed by atoms with Crippen LogP contribution in [0.15, 0.2) is 103 Å². The van der Waals surface area contributed by atoms with E-state index in [9.17, 15) is 14.4 Å². The number of ketones is 2. The molecular weight excluding hydrogens is 524 g/mol. The number of Topliss-reactive ketones (excluding diaryl/α,β-unsaturated/α-hetero) is 2. The molecule has 4 aromatic rings. The maximum Gasteiger partial charge on any atom is 0.238 e. The van der Waals surface area contributed by atoms with E-state index in [2.05, 4.69) is 17.5 Å². The van der Waals surface area contributed by atoms with Crippen LogP contribution in [0.3, 0.4) is 0 Å². The number of hydrogen-bond acceptors (Lipinski definition) is 5. The molecule has 0 aliphatic carbocycles. The molecule has 1 saturated heterocycles. The van der Waals surface area contributed by atoms with Crippen molar-refractivity contribution in [1.82, 2.24) is 0 Å². The zero-order valence-corrected chi connectivity index (χ0v) is 23.6. The molecule has 42 heavy (non-hydrogen) atoms. The molecule has 3 aliphatic heterocycles. The molecule has 3 aliphatic rings. The predicted molar refractivity (Wildman–Crippen MR) is 163 cm³/mol. The monoisotopic (exact) mass is 554 g/mol. The summed E-state index contributed by atoms with van der Waals surface area (Å²) < 4.78 is 5.45. The first kappa shape index (κ1) is 26.0. The number of methoxy groups -OCH3 is 1. The summed E-state index contributed by atoms with van der Waals surface area (Å²) in [6.45, 7) is 4.07. The van der Waals surface area contributed by atoms with E-state index >= 15 is 0 Å². The predicted octanol–water partition coefficient (Wildman–Crippen LogP) is 6.25. The van der Waals surface area contributed by atoms with E-state index in [1.54, 1.807) is 43.5 Å². The van der Waals surface area contributed by atoms with Crippen LogP contribution in [0.1, 0.15) is 44.3 Å². The largest absolute Gasteiger partial charge is 0.497 e. The lowest BCUT2D eigenvalue weighted by Crippen LogP contribution is -2.51. The topological polar surface area (TPSA) is 75.7 Å². The van der Waals surface area contributed by atoms with Crippen molar-refractivity contribution in [3.05, 3.63) is 131 Å². The lowest BCUT2D eigenvalue weighted by Gasteiger charge is -2.39. The van der Waals surface area contributed by atoms with Crippen LogP contribution in [0, 0.1) is 12.8 Å². The Balaban J connectivity index is 1.56. The van der Waals surface area contributed by atoms with Gasteiger partial charge in [-0.05, 0) is 55.3 Å². The summed E-state index contributed by atoms with van der Waals surface area (Å²) >= 11 is 0. The summed E-state index contributed by atoms with van der Waals surface area (Å²) in [6.07, 6.45) is 2.08. The maximum absolute atomic E-state index is 14.9. The van der Waals surface area contributed by atoms with Gasteiger partial charge in [0.1, 0.15) is 17.2 Å². The maximum atomic E-state index is 14.9. The number of para-hydroxylation sites is 1. The second kappa shape index (κ2) is 9.55. The molecule has 0 aromatic heterocycles. The molecule has 7 rings (SSSR count). The molecule has 1 N–H and O–H groups in total. The summed E-state index contributed by atoms with van der Waals surface area (Å²) in [4.78, 5) is 46.2. The third-order valence-corrected chi connectivity index (χ3v) is 9.10. The molecule has 0 bridgehead atoms. The molecular formula is C36H30N2O4. The van der Waals surface area contributed by atoms with Gasteiger partial charge in [0.25, 0.3) is 0 Å². The molecule has 6 heteroatoms. The Hall–Kier alpha value is -4.97. The van der Waals surface area contributed by atoms with E-state index in [0.29, 0.717) is 22.6 Å². The van der Waals surface area contributed by atoms with E-state index in [-0.39, 0.29) is 17.5 Å². The van der Waals surface area contributed by atoms with E-state index < -0.39 is 23.4 Å². The fourth-order valence-electron chi connectivity index (χ4n) is 7.28. The number of aryl methyl sites for hydroxylation is 1. The molecule has 3 heterocycles. The molecule has 1 fully saturated rings. The van der Waals surface area contributed by atoms with E-state index in [1.807, 2.05) is 73.3 Å². The number of nitrogens with one attached hydrogen (secondary N) is 1. The number of hydrogen-bond donors (Lipinski definition) is 1. The standard InChI is InChI=1S/C36H30N2O4/c1-21-16-17-29-26(18-21)22(2)19-30-36(27-14-7-8-15-28(27)37-35(36)41)31(33(39)24-12-9-13-25(20-24)42-3)32(38(29)30)34(40)23-10-5-4-6-11-23/h4-20,30-32H,1-3H3,(H,37,41)/t30-,31+,32-,36+/m0/s1. The number of fused-ring (bicyclic) bond motifs is 6. The second-order valence-corrected chi connectivity index (χ2v) is 11.3. The number of carbonyl (C=O) groups is 3. The summed E-state index contributed by atoms with van der Waals surface area (Å²) in [5.74, 6) is -1.24. The van der Waals surface area contributed by atoms with Crippen LogP contribution in [0.25, 0.3) is 5.57 Å². The number of allylic oxidation sites excluding steroid dienone is 1. The molecule has 1 amide bonds. The quantitative estimate of drug-likeness (QED) is 0.295. The number of amides is 1. The van der Waals surface area contributed by atoms with Crippen molar-refractivity contribution in [1.29, 1.82) is 0 Å². The highest BCUT2D eigenvalue weighted by Crippen LogP contribution is 2.59. The number of nitrogens with zero attached hydrogens (tertiary/aromatic N) is 1. The highest BCUT2D eigenvalue weighted by atomic mass is 16.5. The van der Waals surface area contributed by atoms with Crippen LogP contribution >= 0.6 is 0 Å². The molecule has 4 atom stereocenters. The Morgan fingerprint density at radius 1 is 0.833 bits per heavy atom. The summed E-state index contributed by atoms with van der Waals surface area (Å²) in [6, 6.07) is 28.2. The van der Waals surface area contributed by atoms with E-state index in [4.69, 9.17) is 4.74 Å². The zero-order valence-electron chi connectivity index (χ0n) is 23.6. The molecule has 1 spiro atoms. The van der Waals surface area contributed by atoms with Crippen molar-refractivity contribution in [2.45, 2.75) is 31.3 Å². The average molecular weight is 555 g/mol. The fourth-order valence-corrected chi connectivity index (χ4v) is 7.28. The third-order valence-electron chi connectivity index (χ3n) is 9.10. The number of rotatable bonds is 5. The van der Waals surface area contributed by atoms with Gasteiger partial charge in [0.15, 0.2) is 11.6 Å². The third kappa shape index (κ3) is 3.54. The van der Waals surface area contributed by atoms with Gasteiger partial charge in [-0.25, -0.2) is 0 Å². The molecule has 0 saturated carbocycles. The van der Waals surface area contributed by atoms with Crippen molar-refractivity contribution >= 4 is 34.4 Å². The van der Waals surface area contributed by atoms with E-state index in [0.717, 1.165) is 28.0 Å². The lowest BCUT2D eigenvalue weighted by molar-refractivity contribution is -0.121. The lowest BCUT2D eigenvalue weighted by atomic mass is 9.64. The fraction of sp³-hybridized carbons (Fsp3) is 0.194. The minimum atomic E-state index is -1.35. The van der Waals surface area contributed by atoms with Crippen LogP contribution in [0.4, 0.5) is 11.4 Å². The molecule has 4 aromatic carbocycles. The highest BCUT2D eigenvalue weighted by molar-refractivity contribution is 6.18. The Bertz CT molecular complexity index is 1810. The summed E-state index contributed by atoms with van der Waals surface area (Å²) in [5, 5.41) is 3.09. The summed E-state index contributed by atoms with van der Waals surface area (Å²) in [7, 11) is 1.55. The Morgan fingerprint density at radius 3 is 2.36 bits per heavy atom. The number of ether oxygens (including phenoxy) is 1. The van der Waals surface area contributed by atoms with Gasteiger partial charge in [-0.2, -0.15) is 0 Å². The SMILES string of the molecule is COc1cccc(C(=O)[C@H]2[C@@H](C(=O)c3ccccc3)N3c4ccc(C)cc4C(C)=C[C@H]3[C@@]23C(=O)Nc2ccccc23)c1. The van der Waals surface area contributed by atoms with Gasteiger partial charge in [0, 0.05) is 28.1 Å². The van der Waals surface area contributed by atoms with Gasteiger partial charge in [0.2, 0.25) is 5.91 Å². The second-order valence-electron chi connectivity index (χ2n) is 11.3. The molecule has 208 valence electrons. The molecule has 6 nitrogen and oxygen atoms in total. The Morgan fingerprint density at radius 2 is 1.57 bits per heavy atom. The molecule has 0 radical (unpaired) electrons. The van der Waals surface area contributed by atoms with Crippen molar-refractivity contribution < 1.29 is 19.1 Å². The zero-order chi connectivity index (χ0) is 29.2. The number of carbonyl (C=O) groups excluding carboxylic acids is 3. The van der Waals surface area contributed by atoms with Gasteiger partial charge in [-0.15, -0.1) is 0 Å². The first-order valence-electron chi connectivity index (χ1n) is 14.1. The average Bonchev–Trinajstić information content (AvgIpc) is 3.49. The van der Waals surface area contributed by atoms with Gasteiger partial charge in [0.05, 0.1) is 19.1 Å². The van der Waals surface area contributed by atoms with Gasteiger partial charge in [-0.1, -0.05) is 78.4 Å². The highest BCUT2D eigenvalue weighted by Gasteiger charge is 2.70. The van der Waals surface area contributed by atoms with Crippen LogP contribution < -0.4 is 15.0 Å². The van der Waals surface area contributed by atoms with Crippen LogP contribution in [-0.2, 0) is 10.2 Å². The minimum Gasteiger partial charge on any atom is -0.497 e. The van der Waals surface area contributed by atoms with Crippen LogP contribution in [0.2, 0.25) is 0 Å². The Labute approximate surface area is 244 Å². The number of anilines is 2. The van der Waals surface area contributed by atoms with Crippen LogP contribution in [-0.4, -0.2) is 36.7 Å². The van der Waals surface area contributed by atoms with Gasteiger partial charge < -0.3 is 15.0 Å². The van der Waals surface area contributed by atoms with Gasteiger partial charge >= 0.3 is 0 Å². The van der Waals surface area contributed by atoms with Crippen molar-refractivity contribution in [3.8, 4) is 5.75 Å².